The van der Waals surface area contributed by atoms with E-state index in [-0.39, 0.29) is 29.2 Å². The Balaban J connectivity index is 1.37. The maximum Gasteiger partial charge on any atom is 0.342 e. The molecule has 35 heavy (non-hydrogen) atoms. The highest BCUT2D eigenvalue weighted by molar-refractivity contribution is 7.89. The lowest BCUT2D eigenvalue weighted by molar-refractivity contribution is -0.119. The lowest BCUT2D eigenvalue weighted by Crippen LogP contribution is -2.40. The van der Waals surface area contributed by atoms with Crippen LogP contribution in [0.3, 0.4) is 0 Å². The van der Waals surface area contributed by atoms with Crippen molar-refractivity contribution in [2.75, 3.05) is 38.2 Å². The third-order valence-electron chi connectivity index (χ3n) is 5.14. The van der Waals surface area contributed by atoms with Crippen molar-refractivity contribution in [3.63, 3.8) is 0 Å². The molecule has 1 aliphatic rings. The van der Waals surface area contributed by atoms with Crippen LogP contribution in [0.2, 0.25) is 0 Å². The number of morpholine rings is 1. The van der Waals surface area contributed by atoms with Crippen LogP contribution in [0.4, 0.5) is 5.69 Å². The second-order valence-electron chi connectivity index (χ2n) is 7.58. The first-order valence-electron chi connectivity index (χ1n) is 10.9. The molecular weight excluding hydrogens is 472 g/mol. The lowest BCUT2D eigenvalue weighted by Gasteiger charge is -2.26. The number of esters is 1. The fraction of sp³-hybridized carbons (Fsp3) is 0.200. The minimum Gasteiger partial charge on any atom is -0.456 e. The van der Waals surface area contributed by atoms with Gasteiger partial charge in [-0.15, -0.1) is 0 Å². The van der Waals surface area contributed by atoms with E-state index >= 15 is 0 Å². The number of ether oxygens (including phenoxy) is 3. The standard InChI is InChI=1S/C25H24N2O7S/c28-24(26-19-7-6-10-21(17-19)35(30,31)27-13-15-32-16-14-27)18-33-25(29)22-11-4-5-12-23(22)34-20-8-2-1-3-9-20/h1-12,17H,13-16,18H2,(H,26,28). The van der Waals surface area contributed by atoms with Gasteiger partial charge in [-0.25, -0.2) is 13.2 Å². The second kappa shape index (κ2) is 11.1. The predicted molar refractivity (Wildman–Crippen MR) is 128 cm³/mol. The van der Waals surface area contributed by atoms with Crippen molar-refractivity contribution in [3.8, 4) is 11.5 Å². The van der Waals surface area contributed by atoms with Gasteiger partial charge in [0.15, 0.2) is 6.61 Å². The van der Waals surface area contributed by atoms with Gasteiger partial charge in [-0.05, 0) is 42.5 Å². The summed E-state index contributed by atoms with van der Waals surface area (Å²) in [4.78, 5) is 25.0. The van der Waals surface area contributed by atoms with Crippen molar-refractivity contribution in [3.05, 3.63) is 84.4 Å². The van der Waals surface area contributed by atoms with E-state index in [1.165, 1.54) is 22.5 Å². The maximum absolute atomic E-state index is 12.8. The van der Waals surface area contributed by atoms with E-state index in [2.05, 4.69) is 5.32 Å². The van der Waals surface area contributed by atoms with Crippen molar-refractivity contribution < 1.29 is 32.2 Å². The Morgan fingerprint density at radius 3 is 2.40 bits per heavy atom. The van der Waals surface area contributed by atoms with Gasteiger partial charge >= 0.3 is 5.97 Å². The SMILES string of the molecule is O=C(COC(=O)c1ccccc1Oc1ccccc1)Nc1cccc(S(=O)(=O)N2CCOCC2)c1. The molecule has 3 aromatic carbocycles. The third kappa shape index (κ3) is 6.24. The molecule has 0 atom stereocenters. The van der Waals surface area contributed by atoms with Crippen molar-refractivity contribution in [2.24, 2.45) is 0 Å². The number of para-hydroxylation sites is 2. The van der Waals surface area contributed by atoms with Crippen LogP contribution < -0.4 is 10.1 Å². The molecule has 1 N–H and O–H groups in total. The number of sulfonamides is 1. The third-order valence-corrected chi connectivity index (χ3v) is 7.03. The number of rotatable bonds is 8. The summed E-state index contributed by atoms with van der Waals surface area (Å²) in [6.07, 6.45) is 0. The first-order valence-corrected chi connectivity index (χ1v) is 12.3. The minimum atomic E-state index is -3.71. The number of amides is 1. The Labute approximate surface area is 203 Å². The molecule has 1 aliphatic heterocycles. The normalized spacial score (nSPS) is 14.2. The Morgan fingerprint density at radius 2 is 1.63 bits per heavy atom. The molecule has 0 saturated carbocycles. The monoisotopic (exact) mass is 496 g/mol. The summed E-state index contributed by atoms with van der Waals surface area (Å²) in [5.41, 5.74) is 0.441. The van der Waals surface area contributed by atoms with Crippen molar-refractivity contribution in [2.45, 2.75) is 4.90 Å². The topological polar surface area (TPSA) is 111 Å². The molecule has 1 amide bonds. The zero-order valence-corrected chi connectivity index (χ0v) is 19.6. The summed E-state index contributed by atoms with van der Waals surface area (Å²) in [6, 6.07) is 21.4. The van der Waals surface area contributed by atoms with E-state index < -0.39 is 28.5 Å². The summed E-state index contributed by atoms with van der Waals surface area (Å²) in [7, 11) is -3.71. The van der Waals surface area contributed by atoms with Crippen molar-refractivity contribution in [1.82, 2.24) is 4.31 Å². The highest BCUT2D eigenvalue weighted by Crippen LogP contribution is 2.26. The van der Waals surface area contributed by atoms with Crippen LogP contribution in [0.1, 0.15) is 10.4 Å². The van der Waals surface area contributed by atoms with Crippen LogP contribution in [-0.4, -0.2) is 57.5 Å². The molecule has 0 unspecified atom stereocenters. The number of hydrogen-bond acceptors (Lipinski definition) is 7. The maximum atomic E-state index is 12.8. The van der Waals surface area contributed by atoms with Crippen LogP contribution in [-0.2, 0) is 24.3 Å². The van der Waals surface area contributed by atoms with Crippen molar-refractivity contribution in [1.29, 1.82) is 0 Å². The molecule has 9 nitrogen and oxygen atoms in total. The van der Waals surface area contributed by atoms with Gasteiger partial charge in [-0.2, -0.15) is 4.31 Å². The Kier molecular flexibility index (Phi) is 7.76. The molecule has 1 fully saturated rings. The van der Waals surface area contributed by atoms with Crippen LogP contribution >= 0.6 is 0 Å². The largest absolute Gasteiger partial charge is 0.456 e. The number of hydrogen-bond donors (Lipinski definition) is 1. The first-order chi connectivity index (χ1) is 16.9. The summed E-state index contributed by atoms with van der Waals surface area (Å²) in [6.45, 7) is 0.648. The Bertz CT molecular complexity index is 1290. The first kappa shape index (κ1) is 24.4. The van der Waals surface area contributed by atoms with Gasteiger partial charge in [0.25, 0.3) is 5.91 Å². The predicted octanol–water partition coefficient (Wildman–Crippen LogP) is 3.30. The molecule has 1 heterocycles. The van der Waals surface area contributed by atoms with Crippen molar-refractivity contribution >= 4 is 27.6 Å². The molecule has 0 bridgehead atoms. The molecule has 0 aromatic heterocycles. The molecule has 10 heteroatoms. The van der Waals surface area contributed by atoms with Gasteiger partial charge in [-0.3, -0.25) is 4.79 Å². The molecule has 0 aliphatic carbocycles. The number of carbonyl (C=O) groups excluding carboxylic acids is 2. The summed E-state index contributed by atoms with van der Waals surface area (Å²) < 4.78 is 43.1. The number of nitrogens with zero attached hydrogens (tertiary/aromatic N) is 1. The lowest BCUT2D eigenvalue weighted by atomic mass is 10.2. The summed E-state index contributed by atoms with van der Waals surface area (Å²) >= 11 is 0. The summed E-state index contributed by atoms with van der Waals surface area (Å²) in [5.74, 6) is -0.487. The van der Waals surface area contributed by atoms with Gasteiger partial charge in [0.05, 0.1) is 18.1 Å². The van der Waals surface area contributed by atoms with Gasteiger partial charge in [-0.1, -0.05) is 36.4 Å². The minimum absolute atomic E-state index is 0.0567. The molecule has 0 spiro atoms. The van der Waals surface area contributed by atoms with Crippen LogP contribution in [0.15, 0.2) is 83.8 Å². The summed E-state index contributed by atoms with van der Waals surface area (Å²) in [5, 5.41) is 2.56. The van der Waals surface area contributed by atoms with Gasteiger partial charge in [0.2, 0.25) is 10.0 Å². The smallest absolute Gasteiger partial charge is 0.342 e. The van der Waals surface area contributed by atoms with Crippen LogP contribution in [0, 0.1) is 0 Å². The molecule has 4 rings (SSSR count). The van der Waals surface area contributed by atoms with Crippen LogP contribution in [0.5, 0.6) is 11.5 Å². The zero-order chi connectivity index (χ0) is 24.7. The second-order valence-corrected chi connectivity index (χ2v) is 9.52. The molecular formula is C25H24N2O7S. The zero-order valence-electron chi connectivity index (χ0n) is 18.8. The van der Waals surface area contributed by atoms with Gasteiger partial charge in [0, 0.05) is 18.8 Å². The Hall–Kier alpha value is -3.73. The van der Waals surface area contributed by atoms with E-state index in [4.69, 9.17) is 14.2 Å². The number of anilines is 1. The number of carbonyl (C=O) groups is 2. The van der Waals surface area contributed by atoms with Crippen LogP contribution in [0.25, 0.3) is 0 Å². The van der Waals surface area contributed by atoms with E-state index in [9.17, 15) is 18.0 Å². The van der Waals surface area contributed by atoms with Gasteiger partial charge in [0.1, 0.15) is 17.1 Å². The van der Waals surface area contributed by atoms with E-state index in [0.717, 1.165) is 0 Å². The molecule has 3 aromatic rings. The average Bonchev–Trinajstić information content (AvgIpc) is 2.89. The fourth-order valence-corrected chi connectivity index (χ4v) is 4.87. The highest BCUT2D eigenvalue weighted by Gasteiger charge is 2.26. The average molecular weight is 497 g/mol. The quantitative estimate of drug-likeness (QED) is 0.477. The number of nitrogens with one attached hydrogen (secondary N) is 1. The Morgan fingerprint density at radius 1 is 0.914 bits per heavy atom. The van der Waals surface area contributed by atoms with E-state index in [0.29, 0.717) is 24.7 Å². The number of benzene rings is 3. The highest BCUT2D eigenvalue weighted by atomic mass is 32.2. The molecule has 1 saturated heterocycles. The molecule has 0 radical (unpaired) electrons. The van der Waals surface area contributed by atoms with E-state index in [1.807, 2.05) is 18.2 Å². The van der Waals surface area contributed by atoms with Gasteiger partial charge < -0.3 is 19.5 Å². The molecule has 182 valence electrons. The van der Waals surface area contributed by atoms with E-state index in [1.54, 1.807) is 42.5 Å². The fourth-order valence-electron chi connectivity index (χ4n) is 3.42.